The smallest absolute Gasteiger partial charge is 0.135 e. The Morgan fingerprint density at radius 2 is 1.24 bits per heavy atom. The molecule has 46 heavy (non-hydrogen) atoms. The Labute approximate surface area is 267 Å². The summed E-state index contributed by atoms with van der Waals surface area (Å²) in [4.78, 5) is 0. The normalized spacial score (nSPS) is 14.3. The van der Waals surface area contributed by atoms with E-state index in [9.17, 15) is 5.11 Å². The molecule has 6 aromatic carbocycles. The zero-order chi connectivity index (χ0) is 30.8. The van der Waals surface area contributed by atoms with E-state index in [-0.39, 0.29) is 0 Å². The van der Waals surface area contributed by atoms with Gasteiger partial charge < -0.3 is 14.2 Å². The molecule has 3 heteroatoms. The second-order valence-corrected chi connectivity index (χ2v) is 12.4. The predicted molar refractivity (Wildman–Crippen MR) is 192 cm³/mol. The van der Waals surface area contributed by atoms with Gasteiger partial charge >= 0.3 is 0 Å². The van der Waals surface area contributed by atoms with Crippen LogP contribution in [0.4, 0.5) is 0 Å². The molecule has 9 rings (SSSR count). The van der Waals surface area contributed by atoms with E-state index in [1.807, 2.05) is 0 Å². The van der Waals surface area contributed by atoms with E-state index < -0.39 is 0 Å². The standard InChI is InChI=1S/C43H32N2O/c1-28-21-23-35-37(25-28)44(32-17-9-4-10-18-32)39-27-40-41(43(46)42(35)39)34-19-11-12-20-36(34)45(40)38-26-31(29-13-5-2-6-14-29)22-24-33(38)30-15-7-3-8-16-30/h2-20,22-28,46H,21H2,1H3. The highest BCUT2D eigenvalue weighted by Crippen LogP contribution is 2.43. The second kappa shape index (κ2) is 10.4. The van der Waals surface area contributed by atoms with E-state index in [4.69, 9.17) is 0 Å². The number of aromatic hydroxyl groups is 1. The molecule has 0 bridgehead atoms. The zero-order valence-electron chi connectivity index (χ0n) is 25.6. The van der Waals surface area contributed by atoms with Crippen molar-refractivity contribution in [3.8, 4) is 39.4 Å². The van der Waals surface area contributed by atoms with Crippen molar-refractivity contribution in [1.82, 2.24) is 9.13 Å². The van der Waals surface area contributed by atoms with Crippen LogP contribution in [0.3, 0.4) is 0 Å². The SMILES string of the molecule is CC1C=c2c(c3c(O)c4c5ccccc5n(-c5cc(-c6ccccc6)ccc5-c5ccccc5)c4cc3n2-c2ccccc2)=CC1. The van der Waals surface area contributed by atoms with Crippen molar-refractivity contribution < 1.29 is 5.11 Å². The first-order valence-corrected chi connectivity index (χ1v) is 16.0. The molecule has 0 fully saturated rings. The van der Waals surface area contributed by atoms with Gasteiger partial charge in [-0.1, -0.05) is 128 Å². The molecule has 1 aliphatic carbocycles. The molecule has 1 N–H and O–H groups in total. The lowest BCUT2D eigenvalue weighted by Crippen LogP contribution is -2.31. The number of hydrogen-bond donors (Lipinski definition) is 1. The molecule has 0 radical (unpaired) electrons. The Hall–Kier alpha value is -5.80. The zero-order valence-corrected chi connectivity index (χ0v) is 25.6. The summed E-state index contributed by atoms with van der Waals surface area (Å²) in [6, 6.07) is 49.2. The minimum Gasteiger partial charge on any atom is -0.506 e. The topological polar surface area (TPSA) is 30.1 Å². The van der Waals surface area contributed by atoms with Crippen molar-refractivity contribution in [3.63, 3.8) is 0 Å². The highest BCUT2D eigenvalue weighted by atomic mass is 16.3. The number of hydrogen-bond acceptors (Lipinski definition) is 1. The first kappa shape index (κ1) is 26.6. The number of phenolic OH excluding ortho intramolecular Hbond substituents is 1. The summed E-state index contributed by atoms with van der Waals surface area (Å²) in [5.41, 5.74) is 9.81. The molecule has 1 atom stereocenters. The van der Waals surface area contributed by atoms with Gasteiger partial charge in [0.1, 0.15) is 5.75 Å². The Balaban J connectivity index is 1.47. The maximum absolute atomic E-state index is 12.4. The Morgan fingerprint density at radius 1 is 0.587 bits per heavy atom. The fraction of sp³-hybridized carbons (Fsp3) is 0.0698. The molecule has 0 aliphatic heterocycles. The van der Waals surface area contributed by atoms with Crippen LogP contribution in [0.1, 0.15) is 13.3 Å². The molecule has 0 saturated carbocycles. The largest absolute Gasteiger partial charge is 0.506 e. The van der Waals surface area contributed by atoms with Crippen LogP contribution in [0.5, 0.6) is 5.75 Å². The number of phenols is 1. The van der Waals surface area contributed by atoms with Gasteiger partial charge in [-0.2, -0.15) is 0 Å². The van der Waals surface area contributed by atoms with E-state index in [1.165, 1.54) is 5.56 Å². The lowest BCUT2D eigenvalue weighted by atomic mass is 9.98. The number of para-hydroxylation sites is 2. The minimum absolute atomic E-state index is 0.341. The highest BCUT2D eigenvalue weighted by molar-refractivity contribution is 6.18. The van der Waals surface area contributed by atoms with E-state index in [0.29, 0.717) is 11.7 Å². The van der Waals surface area contributed by atoms with Gasteiger partial charge in [-0.05, 0) is 59.4 Å². The quantitative estimate of drug-likeness (QED) is 0.217. The van der Waals surface area contributed by atoms with Gasteiger partial charge in [0.25, 0.3) is 0 Å². The van der Waals surface area contributed by atoms with Crippen LogP contribution in [0.25, 0.3) is 78.5 Å². The molecular formula is C43H32N2O. The Bertz CT molecular complexity index is 2560. The summed E-state index contributed by atoms with van der Waals surface area (Å²) >= 11 is 0. The van der Waals surface area contributed by atoms with Crippen molar-refractivity contribution in [1.29, 1.82) is 0 Å². The first-order valence-electron chi connectivity index (χ1n) is 16.0. The molecule has 220 valence electrons. The van der Waals surface area contributed by atoms with E-state index >= 15 is 0 Å². The Kier molecular flexibility index (Phi) is 6.01. The van der Waals surface area contributed by atoms with Crippen molar-refractivity contribution >= 4 is 44.9 Å². The number of rotatable bonds is 4. The maximum atomic E-state index is 12.4. The lowest BCUT2D eigenvalue weighted by molar-refractivity contribution is 0.488. The van der Waals surface area contributed by atoms with Gasteiger partial charge in [-0.3, -0.25) is 0 Å². The summed E-state index contributed by atoms with van der Waals surface area (Å²) in [6.07, 6.45) is 5.62. The maximum Gasteiger partial charge on any atom is 0.135 e. The van der Waals surface area contributed by atoms with Crippen LogP contribution in [-0.2, 0) is 0 Å². The van der Waals surface area contributed by atoms with Gasteiger partial charge in [0.2, 0.25) is 0 Å². The molecule has 0 saturated heterocycles. The van der Waals surface area contributed by atoms with Crippen LogP contribution >= 0.6 is 0 Å². The lowest BCUT2D eigenvalue weighted by Gasteiger charge is -2.17. The van der Waals surface area contributed by atoms with Crippen LogP contribution in [0, 0.1) is 5.92 Å². The van der Waals surface area contributed by atoms with Gasteiger partial charge in [0.05, 0.1) is 38.4 Å². The predicted octanol–water partition coefficient (Wildman–Crippen LogP) is 9.37. The van der Waals surface area contributed by atoms with Gasteiger partial charge in [0, 0.05) is 21.9 Å². The van der Waals surface area contributed by atoms with Gasteiger partial charge in [-0.25, -0.2) is 0 Å². The molecule has 0 spiro atoms. The molecule has 1 unspecified atom stereocenters. The number of nitrogens with zero attached hydrogens (tertiary/aromatic N) is 2. The average Bonchev–Trinajstić information content (AvgIpc) is 3.62. The van der Waals surface area contributed by atoms with Gasteiger partial charge in [0.15, 0.2) is 0 Å². The monoisotopic (exact) mass is 592 g/mol. The van der Waals surface area contributed by atoms with Crippen molar-refractivity contribution in [2.45, 2.75) is 13.3 Å². The second-order valence-electron chi connectivity index (χ2n) is 12.4. The summed E-state index contributed by atoms with van der Waals surface area (Å²) < 4.78 is 4.69. The third-order valence-corrected chi connectivity index (χ3v) is 9.52. The summed E-state index contributed by atoms with van der Waals surface area (Å²) in [6.45, 7) is 2.26. The first-order chi connectivity index (χ1) is 22.7. The third-order valence-electron chi connectivity index (χ3n) is 9.52. The molecule has 2 aromatic heterocycles. The molecular weight excluding hydrogens is 560 g/mol. The van der Waals surface area contributed by atoms with Crippen LogP contribution in [0.15, 0.2) is 140 Å². The minimum atomic E-state index is 0.341. The van der Waals surface area contributed by atoms with Gasteiger partial charge in [-0.15, -0.1) is 0 Å². The fourth-order valence-electron chi connectivity index (χ4n) is 7.43. The summed E-state index contributed by atoms with van der Waals surface area (Å²) in [5, 5.41) is 17.5. The van der Waals surface area contributed by atoms with Crippen molar-refractivity contribution in [2.24, 2.45) is 5.92 Å². The average molecular weight is 593 g/mol. The summed E-state index contributed by atoms with van der Waals surface area (Å²) in [7, 11) is 0. The van der Waals surface area contributed by atoms with Crippen LogP contribution in [-0.4, -0.2) is 14.2 Å². The van der Waals surface area contributed by atoms with E-state index in [0.717, 1.165) is 77.8 Å². The molecule has 8 aromatic rings. The number of benzene rings is 6. The molecule has 1 aliphatic rings. The van der Waals surface area contributed by atoms with Crippen molar-refractivity contribution in [2.75, 3.05) is 0 Å². The fourth-order valence-corrected chi connectivity index (χ4v) is 7.43. The summed E-state index contributed by atoms with van der Waals surface area (Å²) in [5.74, 6) is 0.757. The van der Waals surface area contributed by atoms with Crippen LogP contribution in [0.2, 0.25) is 0 Å². The number of aromatic nitrogens is 2. The van der Waals surface area contributed by atoms with Crippen molar-refractivity contribution in [3.05, 3.63) is 150 Å². The van der Waals surface area contributed by atoms with E-state index in [1.54, 1.807) is 0 Å². The third kappa shape index (κ3) is 3.98. The molecule has 0 amide bonds. The highest BCUT2D eigenvalue weighted by Gasteiger charge is 2.24. The molecule has 3 nitrogen and oxygen atoms in total. The van der Waals surface area contributed by atoms with Crippen LogP contribution < -0.4 is 10.6 Å². The number of fused-ring (bicyclic) bond motifs is 6. The van der Waals surface area contributed by atoms with E-state index in [2.05, 4.69) is 168 Å². The Morgan fingerprint density at radius 3 is 2.00 bits per heavy atom. The molecule has 2 heterocycles.